The van der Waals surface area contributed by atoms with Crippen LogP contribution in [0.15, 0.2) is 49.2 Å². The molecule has 0 saturated carbocycles. The largest absolute Gasteiger partial charge is 0.494 e. The van der Waals surface area contributed by atoms with E-state index in [1.165, 1.54) is 12.1 Å². The fourth-order valence-electron chi connectivity index (χ4n) is 4.63. The Morgan fingerprint density at radius 2 is 2.00 bits per heavy atom. The van der Waals surface area contributed by atoms with Crippen molar-refractivity contribution in [3.63, 3.8) is 0 Å². The molecule has 0 unspecified atom stereocenters. The van der Waals surface area contributed by atoms with E-state index in [9.17, 15) is 14.3 Å². The predicted molar refractivity (Wildman–Crippen MR) is 156 cm³/mol. The molecule has 1 aliphatic rings. The standard InChI is InChI=1S/C29H36FN7O3/c1-7-27(38)34-22-14-23(25(40-6)15-24(22)37-11-9-18(16-37)31-5)35-28-32-10-8-26(36-28)33-21-12-17(2)20(30)13-19(21)29(3,4)39/h7-8,10,12-15,18,31,39H,1,9,11,16H2,2-6H3,(H,34,38)(H2,32,33,35,36)/t18-/m1/s1. The van der Waals surface area contributed by atoms with Crippen LogP contribution in [-0.2, 0) is 10.4 Å². The van der Waals surface area contributed by atoms with E-state index in [1.54, 1.807) is 52.3 Å². The Kier molecular flexibility index (Phi) is 8.55. The predicted octanol–water partition coefficient (Wildman–Crippen LogP) is 4.57. The number of benzene rings is 2. The van der Waals surface area contributed by atoms with Gasteiger partial charge in [0.1, 0.15) is 17.4 Å². The van der Waals surface area contributed by atoms with Gasteiger partial charge in [-0.15, -0.1) is 0 Å². The lowest BCUT2D eigenvalue weighted by Gasteiger charge is -2.24. The lowest BCUT2D eigenvalue weighted by molar-refractivity contribution is -0.111. The molecule has 1 atom stereocenters. The number of hydrogen-bond donors (Lipinski definition) is 5. The van der Waals surface area contributed by atoms with Crippen molar-refractivity contribution in [3.8, 4) is 5.75 Å². The first-order valence-electron chi connectivity index (χ1n) is 13.0. The number of carbonyl (C=O) groups excluding carboxylic acids is 1. The van der Waals surface area contributed by atoms with Gasteiger partial charge in [0.15, 0.2) is 0 Å². The average molecular weight is 550 g/mol. The van der Waals surface area contributed by atoms with Gasteiger partial charge in [-0.25, -0.2) is 9.37 Å². The van der Waals surface area contributed by atoms with Gasteiger partial charge in [-0.1, -0.05) is 6.58 Å². The van der Waals surface area contributed by atoms with Crippen LogP contribution in [-0.4, -0.2) is 54.3 Å². The molecule has 3 aromatic rings. The van der Waals surface area contributed by atoms with E-state index in [2.05, 4.69) is 42.7 Å². The molecule has 10 nitrogen and oxygen atoms in total. The molecule has 4 rings (SSSR count). The molecular formula is C29H36FN7O3. The van der Waals surface area contributed by atoms with E-state index < -0.39 is 11.4 Å². The van der Waals surface area contributed by atoms with Crippen molar-refractivity contribution in [1.29, 1.82) is 0 Å². The molecule has 0 bridgehead atoms. The van der Waals surface area contributed by atoms with Crippen molar-refractivity contribution in [2.45, 2.75) is 38.8 Å². The number of nitrogens with zero attached hydrogens (tertiary/aromatic N) is 3. The number of methoxy groups -OCH3 is 1. The number of aromatic nitrogens is 2. The van der Waals surface area contributed by atoms with Gasteiger partial charge in [-0.3, -0.25) is 4.79 Å². The number of ether oxygens (including phenoxy) is 1. The van der Waals surface area contributed by atoms with Crippen molar-refractivity contribution < 1.29 is 19.0 Å². The average Bonchev–Trinajstić information content (AvgIpc) is 3.39. The number of amides is 1. The maximum atomic E-state index is 14.3. The monoisotopic (exact) mass is 549 g/mol. The van der Waals surface area contributed by atoms with Crippen LogP contribution in [0.2, 0.25) is 0 Å². The molecule has 2 aromatic carbocycles. The quantitative estimate of drug-likeness (QED) is 0.231. The molecule has 1 fully saturated rings. The topological polar surface area (TPSA) is 124 Å². The van der Waals surface area contributed by atoms with Crippen LogP contribution in [0.5, 0.6) is 5.75 Å². The number of aryl methyl sites for hydroxylation is 1. The Bertz CT molecular complexity index is 1410. The smallest absolute Gasteiger partial charge is 0.247 e. The SMILES string of the molecule is C=CC(=O)Nc1cc(Nc2nccc(Nc3cc(C)c(F)cc3C(C)(C)O)n2)c(OC)cc1N1CC[C@@H](NC)C1. The van der Waals surface area contributed by atoms with Gasteiger partial charge in [0.2, 0.25) is 11.9 Å². The van der Waals surface area contributed by atoms with Crippen molar-refractivity contribution in [1.82, 2.24) is 15.3 Å². The summed E-state index contributed by atoms with van der Waals surface area (Å²) in [5, 5.41) is 23.2. The molecule has 5 N–H and O–H groups in total. The van der Waals surface area contributed by atoms with Crippen molar-refractivity contribution in [2.75, 3.05) is 48.1 Å². The van der Waals surface area contributed by atoms with Crippen LogP contribution >= 0.6 is 0 Å². The molecular weight excluding hydrogens is 513 g/mol. The van der Waals surface area contributed by atoms with E-state index in [-0.39, 0.29) is 11.9 Å². The van der Waals surface area contributed by atoms with Crippen LogP contribution in [0, 0.1) is 12.7 Å². The highest BCUT2D eigenvalue weighted by Gasteiger charge is 2.26. The minimum Gasteiger partial charge on any atom is -0.494 e. The molecule has 0 aliphatic carbocycles. The highest BCUT2D eigenvalue weighted by Crippen LogP contribution is 2.39. The van der Waals surface area contributed by atoms with Crippen molar-refractivity contribution >= 4 is 40.4 Å². The Balaban J connectivity index is 1.66. The fourth-order valence-corrected chi connectivity index (χ4v) is 4.63. The number of halogens is 1. The van der Waals surface area contributed by atoms with Crippen LogP contribution in [0.25, 0.3) is 0 Å². The summed E-state index contributed by atoms with van der Waals surface area (Å²) in [5.41, 5.74) is 2.04. The highest BCUT2D eigenvalue weighted by atomic mass is 19.1. The summed E-state index contributed by atoms with van der Waals surface area (Å²) < 4.78 is 20.0. The summed E-state index contributed by atoms with van der Waals surface area (Å²) in [6, 6.07) is 8.62. The summed E-state index contributed by atoms with van der Waals surface area (Å²) in [7, 11) is 3.51. The van der Waals surface area contributed by atoms with Gasteiger partial charge in [0, 0.05) is 42.6 Å². The van der Waals surface area contributed by atoms with Crippen LogP contribution in [0.4, 0.5) is 38.9 Å². The van der Waals surface area contributed by atoms with E-state index in [1.807, 2.05) is 13.1 Å². The number of aliphatic hydroxyl groups is 1. The van der Waals surface area contributed by atoms with E-state index in [0.29, 0.717) is 45.8 Å². The zero-order valence-corrected chi connectivity index (χ0v) is 23.4. The molecule has 0 spiro atoms. The van der Waals surface area contributed by atoms with Crippen LogP contribution in [0.1, 0.15) is 31.4 Å². The van der Waals surface area contributed by atoms with Crippen molar-refractivity contribution in [3.05, 3.63) is 66.1 Å². The first-order chi connectivity index (χ1) is 19.0. The normalized spacial score (nSPS) is 15.1. The van der Waals surface area contributed by atoms with Crippen LogP contribution < -0.4 is 30.9 Å². The van der Waals surface area contributed by atoms with E-state index in [4.69, 9.17) is 4.74 Å². The summed E-state index contributed by atoms with van der Waals surface area (Å²) in [5.74, 6) is 0.497. The molecule has 1 aliphatic heterocycles. The number of carbonyl (C=O) groups is 1. The molecule has 0 radical (unpaired) electrons. The molecule has 1 amide bonds. The molecule has 40 heavy (non-hydrogen) atoms. The number of rotatable bonds is 10. The molecule has 212 valence electrons. The maximum Gasteiger partial charge on any atom is 0.247 e. The molecule has 1 aromatic heterocycles. The third-order valence-corrected chi connectivity index (χ3v) is 6.82. The Labute approximate surface area is 233 Å². The lowest BCUT2D eigenvalue weighted by atomic mass is 9.95. The molecule has 2 heterocycles. The number of anilines is 6. The zero-order valence-electron chi connectivity index (χ0n) is 23.4. The lowest BCUT2D eigenvalue weighted by Crippen LogP contribution is -2.30. The van der Waals surface area contributed by atoms with Gasteiger partial charge >= 0.3 is 0 Å². The molecule has 11 heteroatoms. The number of nitrogens with one attached hydrogen (secondary N) is 4. The minimum atomic E-state index is -1.28. The Morgan fingerprint density at radius 3 is 2.65 bits per heavy atom. The molecule has 1 saturated heterocycles. The van der Waals surface area contributed by atoms with Gasteiger partial charge in [0.05, 0.1) is 29.8 Å². The minimum absolute atomic E-state index is 0.261. The number of hydrogen-bond acceptors (Lipinski definition) is 9. The van der Waals surface area contributed by atoms with Gasteiger partial charge in [-0.05, 0) is 70.1 Å². The van der Waals surface area contributed by atoms with Gasteiger partial charge in [-0.2, -0.15) is 4.98 Å². The summed E-state index contributed by atoms with van der Waals surface area (Å²) in [6.07, 6.45) is 3.77. The second-order valence-corrected chi connectivity index (χ2v) is 10.2. The zero-order chi connectivity index (χ0) is 29.0. The third kappa shape index (κ3) is 6.49. The maximum absolute atomic E-state index is 14.3. The second kappa shape index (κ2) is 11.9. The van der Waals surface area contributed by atoms with E-state index in [0.717, 1.165) is 25.2 Å². The first kappa shape index (κ1) is 28.8. The van der Waals surface area contributed by atoms with Crippen LogP contribution in [0.3, 0.4) is 0 Å². The third-order valence-electron chi connectivity index (χ3n) is 6.82. The van der Waals surface area contributed by atoms with Gasteiger partial charge < -0.3 is 36.0 Å². The first-order valence-corrected chi connectivity index (χ1v) is 13.0. The number of likely N-dealkylation sites (N-methyl/N-ethyl adjacent to an activating group) is 1. The highest BCUT2D eigenvalue weighted by molar-refractivity contribution is 6.02. The van der Waals surface area contributed by atoms with Crippen molar-refractivity contribution in [2.24, 2.45) is 0 Å². The fraction of sp³-hybridized carbons (Fsp3) is 0.345. The van der Waals surface area contributed by atoms with E-state index >= 15 is 0 Å². The summed E-state index contributed by atoms with van der Waals surface area (Å²) >= 11 is 0. The Hall–Kier alpha value is -4.22. The summed E-state index contributed by atoms with van der Waals surface area (Å²) in [6.45, 7) is 10.0. The second-order valence-electron chi connectivity index (χ2n) is 10.2. The van der Waals surface area contributed by atoms with Gasteiger partial charge in [0.25, 0.3) is 0 Å². The Morgan fingerprint density at radius 1 is 1.23 bits per heavy atom. The summed E-state index contributed by atoms with van der Waals surface area (Å²) in [4.78, 5) is 23.3.